The van der Waals surface area contributed by atoms with Crippen LogP contribution in [0.2, 0.25) is 10.0 Å². The van der Waals surface area contributed by atoms with Crippen molar-refractivity contribution in [3.05, 3.63) is 105 Å². The van der Waals surface area contributed by atoms with Crippen molar-refractivity contribution >= 4 is 52.4 Å². The number of benzene rings is 2. The third kappa shape index (κ3) is 7.68. The summed E-state index contributed by atoms with van der Waals surface area (Å²) < 4.78 is 1.53. The lowest BCUT2D eigenvalue weighted by molar-refractivity contribution is -0.120. The van der Waals surface area contributed by atoms with Gasteiger partial charge in [0.25, 0.3) is 5.56 Å². The number of pyridine rings is 2. The number of nitrogens with one attached hydrogen (secondary N) is 4. The minimum atomic E-state index is -0.153. The number of fused-ring (bicyclic) bond motifs is 1. The van der Waals surface area contributed by atoms with Crippen molar-refractivity contribution in [2.45, 2.75) is 55.9 Å². The van der Waals surface area contributed by atoms with Gasteiger partial charge in [-0.15, -0.1) is 11.8 Å². The maximum Gasteiger partial charge on any atom is 0.262 e. The molecule has 262 valence electrons. The molecule has 13 heteroatoms. The topological polar surface area (TPSA) is 130 Å². The fourth-order valence-electron chi connectivity index (χ4n) is 6.66. The highest BCUT2D eigenvalue weighted by molar-refractivity contribution is 7.98. The number of hydrogen-bond acceptors (Lipinski definition) is 8. The van der Waals surface area contributed by atoms with Crippen molar-refractivity contribution in [1.82, 2.24) is 35.6 Å². The predicted molar refractivity (Wildman–Crippen MR) is 203 cm³/mol. The van der Waals surface area contributed by atoms with Crippen LogP contribution >= 0.6 is 35.0 Å². The fourth-order valence-corrected chi connectivity index (χ4v) is 7.91. The molecular formula is C38H37Cl2N7O3S. The van der Waals surface area contributed by atoms with E-state index in [-0.39, 0.29) is 29.5 Å². The van der Waals surface area contributed by atoms with Gasteiger partial charge in [-0.3, -0.25) is 18.8 Å². The summed E-state index contributed by atoms with van der Waals surface area (Å²) in [4.78, 5) is 45.8. The van der Waals surface area contributed by atoms with Crippen molar-refractivity contribution in [1.29, 1.82) is 0 Å². The monoisotopic (exact) mass is 741 g/mol. The molecule has 2 fully saturated rings. The zero-order valence-electron chi connectivity index (χ0n) is 28.0. The number of halogens is 2. The Kier molecular flexibility index (Phi) is 10.7. The van der Waals surface area contributed by atoms with Gasteiger partial charge in [-0.25, -0.2) is 9.97 Å². The van der Waals surface area contributed by atoms with Gasteiger partial charge in [0.1, 0.15) is 10.7 Å². The Morgan fingerprint density at radius 1 is 0.804 bits per heavy atom. The molecule has 3 aromatic heterocycles. The maximum absolute atomic E-state index is 13.3. The van der Waals surface area contributed by atoms with Gasteiger partial charge < -0.3 is 21.3 Å². The molecule has 51 heavy (non-hydrogen) atoms. The van der Waals surface area contributed by atoms with E-state index in [1.807, 2.05) is 60.9 Å². The number of nitrogens with zero attached hydrogens (tertiary/aromatic N) is 3. The Bertz CT molecular complexity index is 2190. The number of thioether (sulfide) groups is 1. The van der Waals surface area contributed by atoms with Crippen LogP contribution in [0.15, 0.2) is 82.9 Å². The molecular weight excluding hydrogens is 705 g/mol. The van der Waals surface area contributed by atoms with E-state index in [1.165, 1.54) is 4.40 Å². The number of carbonyl (C=O) groups is 2. The van der Waals surface area contributed by atoms with Crippen LogP contribution < -0.4 is 26.8 Å². The minimum Gasteiger partial charge on any atom is -0.352 e. The SMILES string of the molecule is CSc1nc(-c2cccc(-c3cccc(-c4ccn5c(=O)c(CNC[C@@H]6CCC(=O)N6)cnc5c4)c3Cl)c2Cl)ccc1CNC[C@H]1CCC(=O)N1. The van der Waals surface area contributed by atoms with E-state index in [4.69, 9.17) is 28.2 Å². The highest BCUT2D eigenvalue weighted by Crippen LogP contribution is 2.42. The number of amides is 2. The van der Waals surface area contributed by atoms with Crippen LogP contribution in [0.25, 0.3) is 39.2 Å². The normalized spacial score (nSPS) is 17.2. The Labute approximate surface area is 309 Å². The quantitative estimate of drug-likeness (QED) is 0.117. The summed E-state index contributed by atoms with van der Waals surface area (Å²) in [6.45, 7) is 2.31. The van der Waals surface area contributed by atoms with E-state index < -0.39 is 0 Å². The van der Waals surface area contributed by atoms with Gasteiger partial charge in [0.15, 0.2) is 0 Å². The van der Waals surface area contributed by atoms with Crippen molar-refractivity contribution in [2.75, 3.05) is 19.3 Å². The molecule has 2 aliphatic rings. The van der Waals surface area contributed by atoms with Crippen LogP contribution in [0.4, 0.5) is 0 Å². The molecule has 0 saturated carbocycles. The van der Waals surface area contributed by atoms with Crippen LogP contribution in [-0.2, 0) is 22.7 Å². The average Bonchev–Trinajstić information content (AvgIpc) is 3.76. The second-order valence-corrected chi connectivity index (χ2v) is 14.4. The van der Waals surface area contributed by atoms with Gasteiger partial charge in [0.2, 0.25) is 11.8 Å². The molecule has 0 aliphatic carbocycles. The number of aromatic nitrogens is 3. The number of carbonyl (C=O) groups excluding carboxylic acids is 2. The lowest BCUT2D eigenvalue weighted by Crippen LogP contribution is -2.36. The highest BCUT2D eigenvalue weighted by Gasteiger charge is 2.22. The molecule has 0 bridgehead atoms. The van der Waals surface area contributed by atoms with Crippen molar-refractivity contribution in [3.8, 4) is 33.5 Å². The van der Waals surface area contributed by atoms with Gasteiger partial charge in [0, 0.05) is 91.3 Å². The third-order valence-electron chi connectivity index (χ3n) is 9.37. The maximum atomic E-state index is 13.3. The summed E-state index contributed by atoms with van der Waals surface area (Å²) in [5.74, 6) is 0.177. The first-order valence-corrected chi connectivity index (χ1v) is 18.9. The van der Waals surface area contributed by atoms with Crippen molar-refractivity contribution in [2.24, 2.45) is 0 Å². The standard InChI is InChI=1S/C38H37Cl2N7O3S/c1-51-37-23(17-41-20-25-9-12-33(48)44-25)8-11-31(46-37)30-7-3-6-29(36(30)40)28-5-2-4-27(35(28)39)22-14-15-47-32(16-22)43-19-24(38(47)50)18-42-21-26-10-13-34(49)45-26/h2-8,11,14-16,19,25-26,41-42H,9-10,12-13,17-18,20-21H2,1H3,(H,44,48)(H,45,49)/t25-,26+/m1/s1. The van der Waals surface area contributed by atoms with Gasteiger partial charge in [-0.2, -0.15) is 0 Å². The van der Waals surface area contributed by atoms with Crippen LogP contribution in [0.1, 0.15) is 36.8 Å². The first kappa shape index (κ1) is 35.2. The summed E-state index contributed by atoms with van der Waals surface area (Å²) in [7, 11) is 0. The van der Waals surface area contributed by atoms with Crippen LogP contribution in [-0.4, -0.2) is 57.6 Å². The van der Waals surface area contributed by atoms with Gasteiger partial charge in [-0.05, 0) is 48.4 Å². The van der Waals surface area contributed by atoms with E-state index in [9.17, 15) is 14.4 Å². The molecule has 0 radical (unpaired) electrons. The zero-order valence-corrected chi connectivity index (χ0v) is 30.3. The highest BCUT2D eigenvalue weighted by atomic mass is 35.5. The van der Waals surface area contributed by atoms with E-state index in [0.29, 0.717) is 60.3 Å². The zero-order chi connectivity index (χ0) is 35.5. The first-order chi connectivity index (χ1) is 24.8. The Morgan fingerprint density at radius 2 is 1.41 bits per heavy atom. The molecule has 0 spiro atoms. The summed E-state index contributed by atoms with van der Waals surface area (Å²) in [5.41, 5.74) is 6.68. The molecule has 0 unspecified atom stereocenters. The van der Waals surface area contributed by atoms with Crippen molar-refractivity contribution < 1.29 is 9.59 Å². The van der Waals surface area contributed by atoms with Gasteiger partial charge in [-0.1, -0.05) is 65.7 Å². The smallest absolute Gasteiger partial charge is 0.262 e. The van der Waals surface area contributed by atoms with E-state index in [2.05, 4.69) is 32.3 Å². The molecule has 5 aromatic rings. The molecule has 2 aliphatic heterocycles. The third-order valence-corrected chi connectivity index (χ3v) is 10.9. The second-order valence-electron chi connectivity index (χ2n) is 12.8. The fraction of sp³-hybridized carbons (Fsp3) is 0.289. The van der Waals surface area contributed by atoms with Gasteiger partial charge >= 0.3 is 0 Å². The molecule has 10 nitrogen and oxygen atoms in total. The average molecular weight is 743 g/mol. The summed E-state index contributed by atoms with van der Waals surface area (Å²) in [6, 6.07) is 19.7. The largest absolute Gasteiger partial charge is 0.352 e. The molecule has 5 heterocycles. The van der Waals surface area contributed by atoms with Gasteiger partial charge in [0.05, 0.1) is 15.7 Å². The lowest BCUT2D eigenvalue weighted by Gasteiger charge is -2.16. The molecule has 2 atom stereocenters. The molecule has 4 N–H and O–H groups in total. The number of rotatable bonds is 12. The van der Waals surface area contributed by atoms with E-state index in [1.54, 1.807) is 24.2 Å². The summed E-state index contributed by atoms with van der Waals surface area (Å²) in [5, 5.41) is 14.6. The minimum absolute atomic E-state index is 0.0642. The summed E-state index contributed by atoms with van der Waals surface area (Å²) in [6.07, 6.45) is 8.09. The second kappa shape index (κ2) is 15.5. The van der Waals surface area contributed by atoms with E-state index in [0.717, 1.165) is 56.9 Å². The molecule has 2 aromatic carbocycles. The Hall–Kier alpha value is -4.26. The number of hydrogen-bond donors (Lipinski definition) is 4. The molecule has 7 rings (SSSR count). The van der Waals surface area contributed by atoms with Crippen molar-refractivity contribution in [3.63, 3.8) is 0 Å². The Balaban J connectivity index is 1.10. The van der Waals surface area contributed by atoms with Crippen LogP contribution in [0, 0.1) is 0 Å². The molecule has 2 saturated heterocycles. The van der Waals surface area contributed by atoms with Crippen LogP contribution in [0.5, 0.6) is 0 Å². The molecule has 2 amide bonds. The predicted octanol–water partition coefficient (Wildman–Crippen LogP) is 5.86. The van der Waals surface area contributed by atoms with Crippen LogP contribution in [0.3, 0.4) is 0 Å². The first-order valence-electron chi connectivity index (χ1n) is 16.9. The Morgan fingerprint density at radius 3 is 2.04 bits per heavy atom. The lowest BCUT2D eigenvalue weighted by atomic mass is 9.97. The van der Waals surface area contributed by atoms with E-state index >= 15 is 0 Å². The summed E-state index contributed by atoms with van der Waals surface area (Å²) >= 11 is 15.8.